The molecule has 33 heavy (non-hydrogen) atoms. The van der Waals surface area contributed by atoms with E-state index >= 15 is 0 Å². The third kappa shape index (κ3) is 5.36. The quantitative estimate of drug-likeness (QED) is 0.308. The Morgan fingerprint density at radius 1 is 1.03 bits per heavy atom. The number of nitrogens with one attached hydrogen (secondary N) is 3. The number of halogens is 4. The molecule has 0 aliphatic carbocycles. The maximum absolute atomic E-state index is 13.4. The van der Waals surface area contributed by atoms with E-state index in [1.807, 2.05) is 17.5 Å². The van der Waals surface area contributed by atoms with Gasteiger partial charge in [0.1, 0.15) is 10.8 Å². The Morgan fingerprint density at radius 2 is 1.76 bits per heavy atom. The Kier molecular flexibility index (Phi) is 6.68. The molecular weight excluding hydrogens is 495 g/mol. The van der Waals surface area contributed by atoms with E-state index in [0.29, 0.717) is 22.8 Å². The zero-order valence-corrected chi connectivity index (χ0v) is 18.8. The summed E-state index contributed by atoms with van der Waals surface area (Å²) in [5, 5.41) is 14.4. The van der Waals surface area contributed by atoms with Gasteiger partial charge in [-0.2, -0.15) is 5.10 Å². The zero-order chi connectivity index (χ0) is 23.5. The van der Waals surface area contributed by atoms with Crippen LogP contribution in [-0.4, -0.2) is 27.0 Å². The first-order chi connectivity index (χ1) is 15.8. The summed E-state index contributed by atoms with van der Waals surface area (Å²) in [5.74, 6) is -3.61. The van der Waals surface area contributed by atoms with Crippen LogP contribution in [0.1, 0.15) is 26.5 Å². The number of hydrogen-bond donors (Lipinski definition) is 3. The lowest BCUT2D eigenvalue weighted by Gasteiger charge is -2.05. The van der Waals surface area contributed by atoms with Crippen LogP contribution in [0.4, 0.5) is 14.6 Å². The molecule has 0 spiro atoms. The number of aromatic amines is 1. The number of carbonyl (C=O) groups is 2. The first-order valence-corrected chi connectivity index (χ1v) is 10.9. The topological polar surface area (TPSA) is 99.8 Å². The number of amides is 2. The van der Waals surface area contributed by atoms with Gasteiger partial charge in [-0.15, -0.1) is 11.3 Å². The second-order valence-corrected chi connectivity index (χ2v) is 8.40. The van der Waals surface area contributed by atoms with E-state index in [4.69, 9.17) is 23.2 Å². The lowest BCUT2D eigenvalue weighted by Crippen LogP contribution is -2.23. The molecule has 2 heterocycles. The monoisotopic (exact) mass is 507 g/mol. The van der Waals surface area contributed by atoms with Crippen molar-refractivity contribution in [3.8, 4) is 10.6 Å². The van der Waals surface area contributed by atoms with Crippen LogP contribution >= 0.6 is 34.5 Å². The smallest absolute Gasteiger partial charge is 0.272 e. The van der Waals surface area contributed by atoms with E-state index < -0.39 is 23.4 Å². The van der Waals surface area contributed by atoms with Crippen molar-refractivity contribution in [2.75, 3.05) is 5.32 Å². The van der Waals surface area contributed by atoms with Crippen LogP contribution in [0, 0.1) is 11.6 Å². The highest BCUT2D eigenvalue weighted by atomic mass is 35.5. The first kappa shape index (κ1) is 22.8. The second-order valence-electron chi connectivity index (χ2n) is 6.70. The minimum atomic E-state index is -1.21. The Labute approximate surface area is 199 Å². The maximum atomic E-state index is 13.4. The van der Waals surface area contributed by atoms with Crippen molar-refractivity contribution in [2.45, 2.75) is 6.54 Å². The third-order valence-corrected chi connectivity index (χ3v) is 5.89. The molecule has 4 aromatic rings. The van der Waals surface area contributed by atoms with E-state index in [2.05, 4.69) is 25.8 Å². The molecule has 168 valence electrons. The van der Waals surface area contributed by atoms with Gasteiger partial charge in [0.2, 0.25) is 0 Å². The number of anilines is 1. The summed E-state index contributed by atoms with van der Waals surface area (Å²) in [6.45, 7) is 0.169. The molecular formula is C21H13Cl2F2N5O2S. The maximum Gasteiger partial charge on any atom is 0.272 e. The standard InChI is InChI=1S/C21H13Cl2F2N5O2S/c22-11-3-1-10(2-4-11)21-27-12(9-33-21)8-26-20(32)17-7-18(30-29-17)28-19(31)13-5-15(24)16(25)6-14(13)23/h1-7,9H,8H2,(H,26,32)(H2,28,29,30,31). The Morgan fingerprint density at radius 3 is 2.52 bits per heavy atom. The van der Waals surface area contributed by atoms with Gasteiger partial charge >= 0.3 is 0 Å². The lowest BCUT2D eigenvalue weighted by molar-refractivity contribution is 0.0944. The summed E-state index contributed by atoms with van der Waals surface area (Å²) in [4.78, 5) is 29.1. The largest absolute Gasteiger partial charge is 0.345 e. The first-order valence-electron chi connectivity index (χ1n) is 9.30. The highest BCUT2D eigenvalue weighted by molar-refractivity contribution is 7.13. The van der Waals surface area contributed by atoms with Crippen LogP contribution in [0.3, 0.4) is 0 Å². The fourth-order valence-corrected chi connectivity index (χ4v) is 3.95. The molecule has 0 fully saturated rings. The normalized spacial score (nSPS) is 10.8. The minimum absolute atomic E-state index is 0.00911. The van der Waals surface area contributed by atoms with Crippen molar-refractivity contribution in [3.63, 3.8) is 0 Å². The van der Waals surface area contributed by atoms with Crippen molar-refractivity contribution >= 4 is 52.2 Å². The number of carbonyl (C=O) groups excluding carboxylic acids is 2. The average molecular weight is 508 g/mol. The van der Waals surface area contributed by atoms with E-state index in [1.54, 1.807) is 12.1 Å². The van der Waals surface area contributed by atoms with E-state index in [0.717, 1.165) is 10.6 Å². The van der Waals surface area contributed by atoms with E-state index in [9.17, 15) is 18.4 Å². The Balaban J connectivity index is 1.36. The molecule has 12 heteroatoms. The Bertz CT molecular complexity index is 1340. The third-order valence-electron chi connectivity index (χ3n) is 4.39. The predicted octanol–water partition coefficient (Wildman–Crippen LogP) is 5.30. The van der Waals surface area contributed by atoms with Crippen molar-refractivity contribution < 1.29 is 18.4 Å². The van der Waals surface area contributed by atoms with Gasteiger partial charge in [0.15, 0.2) is 17.3 Å². The number of H-pyrrole nitrogens is 1. The van der Waals surface area contributed by atoms with Crippen LogP contribution < -0.4 is 10.6 Å². The van der Waals surface area contributed by atoms with E-state index in [-0.39, 0.29) is 28.6 Å². The van der Waals surface area contributed by atoms with Gasteiger partial charge in [-0.25, -0.2) is 13.8 Å². The average Bonchev–Trinajstić information content (AvgIpc) is 3.45. The molecule has 2 aromatic carbocycles. The van der Waals surface area contributed by atoms with Gasteiger partial charge in [-0.05, 0) is 24.3 Å². The highest BCUT2D eigenvalue weighted by Gasteiger charge is 2.17. The number of nitrogens with zero attached hydrogens (tertiary/aromatic N) is 2. The molecule has 0 unspecified atom stereocenters. The predicted molar refractivity (Wildman–Crippen MR) is 122 cm³/mol. The molecule has 0 atom stereocenters. The lowest BCUT2D eigenvalue weighted by atomic mass is 10.2. The van der Waals surface area contributed by atoms with Crippen LogP contribution in [-0.2, 0) is 6.54 Å². The fourth-order valence-electron chi connectivity index (χ4n) is 2.76. The van der Waals surface area contributed by atoms with Crippen LogP contribution in [0.5, 0.6) is 0 Å². The molecule has 2 amide bonds. The van der Waals surface area contributed by atoms with Crippen molar-refractivity contribution in [1.82, 2.24) is 20.5 Å². The number of benzene rings is 2. The SMILES string of the molecule is O=C(NCc1csc(-c2ccc(Cl)cc2)n1)c1cc(NC(=O)c2cc(F)c(F)cc2Cl)[nH]n1. The molecule has 7 nitrogen and oxygen atoms in total. The van der Waals surface area contributed by atoms with Gasteiger partial charge in [0.05, 0.1) is 22.8 Å². The van der Waals surface area contributed by atoms with Gasteiger partial charge in [0.25, 0.3) is 11.8 Å². The van der Waals surface area contributed by atoms with Crippen LogP contribution in [0.2, 0.25) is 10.0 Å². The molecule has 0 saturated heterocycles. The number of aromatic nitrogens is 3. The summed E-state index contributed by atoms with van der Waals surface area (Å²) in [7, 11) is 0. The summed E-state index contributed by atoms with van der Waals surface area (Å²) in [5.41, 5.74) is 1.32. The van der Waals surface area contributed by atoms with Crippen molar-refractivity contribution in [2.24, 2.45) is 0 Å². The van der Waals surface area contributed by atoms with Gasteiger partial charge in [0, 0.05) is 22.0 Å². The summed E-state index contributed by atoms with van der Waals surface area (Å²) < 4.78 is 26.6. The number of rotatable bonds is 6. The van der Waals surface area contributed by atoms with Gasteiger partial charge in [-0.1, -0.05) is 35.3 Å². The summed E-state index contributed by atoms with van der Waals surface area (Å²) in [6, 6.07) is 9.94. The van der Waals surface area contributed by atoms with Gasteiger partial charge < -0.3 is 10.6 Å². The summed E-state index contributed by atoms with van der Waals surface area (Å²) >= 11 is 13.1. The highest BCUT2D eigenvalue weighted by Crippen LogP contribution is 2.25. The van der Waals surface area contributed by atoms with Crippen LogP contribution in [0.25, 0.3) is 10.6 Å². The molecule has 0 radical (unpaired) electrons. The zero-order valence-electron chi connectivity index (χ0n) is 16.5. The van der Waals surface area contributed by atoms with Crippen LogP contribution in [0.15, 0.2) is 47.8 Å². The van der Waals surface area contributed by atoms with Crippen molar-refractivity contribution in [1.29, 1.82) is 0 Å². The number of thiazole rings is 1. The minimum Gasteiger partial charge on any atom is -0.345 e. The summed E-state index contributed by atoms with van der Waals surface area (Å²) in [6.07, 6.45) is 0. The Hall–Kier alpha value is -3.34. The molecule has 0 bridgehead atoms. The molecule has 2 aromatic heterocycles. The molecule has 0 saturated carbocycles. The molecule has 3 N–H and O–H groups in total. The number of hydrogen-bond acceptors (Lipinski definition) is 5. The fraction of sp³-hybridized carbons (Fsp3) is 0.0476. The second kappa shape index (κ2) is 9.65. The van der Waals surface area contributed by atoms with Gasteiger partial charge in [-0.3, -0.25) is 14.7 Å². The molecule has 0 aliphatic heterocycles. The molecule has 0 aliphatic rings. The van der Waals surface area contributed by atoms with E-state index in [1.165, 1.54) is 17.4 Å². The van der Waals surface area contributed by atoms with Crippen molar-refractivity contribution in [3.05, 3.63) is 86.5 Å². The molecule has 4 rings (SSSR count).